The molecule has 1 aromatic carbocycles. The maximum atomic E-state index is 13.8. The van der Waals surface area contributed by atoms with Crippen LogP contribution in [-0.2, 0) is 0 Å². The standard InChI is InChI=1S/C18H22F2N4/c1-3-13-7-4-5-10-24(13)16-11-12(2)21-18(22-16)23-17-14(19)8-6-9-15(17)20/h6,8-9,11,13H,3-5,7,10H2,1-2H3,(H,21,22,23). The minimum atomic E-state index is -0.661. The van der Waals surface area contributed by atoms with E-state index in [1.807, 2.05) is 13.0 Å². The van der Waals surface area contributed by atoms with Crippen LogP contribution >= 0.6 is 0 Å². The number of benzene rings is 1. The molecule has 1 atom stereocenters. The van der Waals surface area contributed by atoms with Crippen LogP contribution in [0.2, 0.25) is 0 Å². The Bertz CT molecular complexity index is 700. The molecular formula is C18H22F2N4. The summed E-state index contributed by atoms with van der Waals surface area (Å²) in [6.45, 7) is 4.98. The van der Waals surface area contributed by atoms with Gasteiger partial charge in [0.1, 0.15) is 23.1 Å². The lowest BCUT2D eigenvalue weighted by Gasteiger charge is -2.36. The van der Waals surface area contributed by atoms with Crippen LogP contribution in [0.15, 0.2) is 24.3 Å². The van der Waals surface area contributed by atoms with E-state index in [1.165, 1.54) is 24.6 Å². The zero-order valence-electron chi connectivity index (χ0n) is 14.0. The molecule has 1 saturated heterocycles. The molecule has 6 heteroatoms. The van der Waals surface area contributed by atoms with Crippen molar-refractivity contribution in [2.24, 2.45) is 0 Å². The molecule has 0 radical (unpaired) electrons. The third-order valence-corrected chi connectivity index (χ3v) is 4.43. The number of piperidine rings is 1. The normalized spacial score (nSPS) is 17.8. The van der Waals surface area contributed by atoms with Crippen LogP contribution in [-0.4, -0.2) is 22.6 Å². The summed E-state index contributed by atoms with van der Waals surface area (Å²) in [5.41, 5.74) is 0.541. The summed E-state index contributed by atoms with van der Waals surface area (Å²) >= 11 is 0. The molecule has 2 heterocycles. The average molecular weight is 332 g/mol. The van der Waals surface area contributed by atoms with Gasteiger partial charge in [0.2, 0.25) is 5.95 Å². The van der Waals surface area contributed by atoms with Gasteiger partial charge in [-0.15, -0.1) is 0 Å². The number of anilines is 3. The van der Waals surface area contributed by atoms with E-state index >= 15 is 0 Å². The van der Waals surface area contributed by atoms with Gasteiger partial charge >= 0.3 is 0 Å². The van der Waals surface area contributed by atoms with E-state index in [2.05, 4.69) is 27.1 Å². The van der Waals surface area contributed by atoms with Gasteiger partial charge in [0.05, 0.1) is 0 Å². The van der Waals surface area contributed by atoms with E-state index < -0.39 is 11.6 Å². The van der Waals surface area contributed by atoms with Crippen molar-refractivity contribution in [2.75, 3.05) is 16.8 Å². The molecule has 2 aromatic rings. The number of halogens is 2. The Morgan fingerprint density at radius 3 is 2.67 bits per heavy atom. The van der Waals surface area contributed by atoms with E-state index in [9.17, 15) is 8.78 Å². The van der Waals surface area contributed by atoms with Crippen LogP contribution in [0.5, 0.6) is 0 Å². The smallest absolute Gasteiger partial charge is 0.229 e. The number of hydrogen-bond acceptors (Lipinski definition) is 4. The minimum absolute atomic E-state index is 0.217. The van der Waals surface area contributed by atoms with Crippen LogP contribution in [0.4, 0.5) is 26.2 Å². The lowest BCUT2D eigenvalue weighted by atomic mass is 10.00. The van der Waals surface area contributed by atoms with E-state index in [4.69, 9.17) is 0 Å². The fraction of sp³-hybridized carbons (Fsp3) is 0.444. The van der Waals surface area contributed by atoms with Crippen LogP contribution in [0.3, 0.4) is 0 Å². The van der Waals surface area contributed by atoms with E-state index in [-0.39, 0.29) is 11.6 Å². The van der Waals surface area contributed by atoms with E-state index in [0.717, 1.165) is 37.3 Å². The molecule has 0 spiro atoms. The van der Waals surface area contributed by atoms with Crippen molar-refractivity contribution in [3.63, 3.8) is 0 Å². The predicted molar refractivity (Wildman–Crippen MR) is 91.7 cm³/mol. The number of rotatable bonds is 4. The fourth-order valence-electron chi connectivity index (χ4n) is 3.21. The summed E-state index contributed by atoms with van der Waals surface area (Å²) < 4.78 is 27.7. The SMILES string of the molecule is CCC1CCCCN1c1cc(C)nc(Nc2c(F)cccc2F)n1. The fourth-order valence-corrected chi connectivity index (χ4v) is 3.21. The van der Waals surface area contributed by atoms with Gasteiger partial charge in [0.15, 0.2) is 0 Å². The molecule has 1 unspecified atom stereocenters. The summed E-state index contributed by atoms with van der Waals surface area (Å²) in [5, 5.41) is 2.69. The summed E-state index contributed by atoms with van der Waals surface area (Å²) in [6, 6.07) is 6.13. The highest BCUT2D eigenvalue weighted by Crippen LogP contribution is 2.27. The topological polar surface area (TPSA) is 41.1 Å². The first-order valence-corrected chi connectivity index (χ1v) is 8.42. The number of hydrogen-bond donors (Lipinski definition) is 1. The van der Waals surface area contributed by atoms with Crippen molar-refractivity contribution < 1.29 is 8.78 Å². The molecule has 24 heavy (non-hydrogen) atoms. The molecule has 0 amide bonds. The quantitative estimate of drug-likeness (QED) is 0.890. The first-order valence-electron chi connectivity index (χ1n) is 8.42. The lowest BCUT2D eigenvalue weighted by Crippen LogP contribution is -2.39. The number of nitrogens with one attached hydrogen (secondary N) is 1. The van der Waals surface area contributed by atoms with Crippen LogP contribution in [0.25, 0.3) is 0 Å². The van der Waals surface area contributed by atoms with Crippen LogP contribution < -0.4 is 10.2 Å². The second-order valence-electron chi connectivity index (χ2n) is 6.16. The molecule has 1 fully saturated rings. The van der Waals surface area contributed by atoms with Gasteiger partial charge in [-0.3, -0.25) is 0 Å². The highest BCUT2D eigenvalue weighted by molar-refractivity contribution is 5.57. The predicted octanol–water partition coefficient (Wildman–Crippen LogP) is 4.58. The van der Waals surface area contributed by atoms with Gasteiger partial charge in [0, 0.05) is 24.3 Å². The lowest BCUT2D eigenvalue weighted by molar-refractivity contribution is 0.446. The Kier molecular flexibility index (Phi) is 4.92. The Labute approximate surface area is 140 Å². The van der Waals surface area contributed by atoms with Crippen molar-refractivity contribution in [2.45, 2.75) is 45.6 Å². The second-order valence-corrected chi connectivity index (χ2v) is 6.16. The molecule has 0 bridgehead atoms. The van der Waals surface area contributed by atoms with Crippen molar-refractivity contribution in [1.82, 2.24) is 9.97 Å². The monoisotopic (exact) mass is 332 g/mol. The molecular weight excluding hydrogens is 310 g/mol. The van der Waals surface area contributed by atoms with Gasteiger partial charge in [-0.2, -0.15) is 4.98 Å². The molecule has 4 nitrogen and oxygen atoms in total. The molecule has 3 rings (SSSR count). The zero-order chi connectivity index (χ0) is 17.1. The number of para-hydroxylation sites is 1. The molecule has 1 N–H and O–H groups in total. The maximum absolute atomic E-state index is 13.8. The Hall–Kier alpha value is -2.24. The van der Waals surface area contributed by atoms with Gasteiger partial charge in [0.25, 0.3) is 0 Å². The molecule has 0 aliphatic carbocycles. The van der Waals surface area contributed by atoms with Gasteiger partial charge in [-0.25, -0.2) is 13.8 Å². The van der Waals surface area contributed by atoms with Crippen LogP contribution in [0, 0.1) is 18.6 Å². The Morgan fingerprint density at radius 2 is 1.96 bits per heavy atom. The molecule has 1 aliphatic rings. The van der Waals surface area contributed by atoms with Crippen molar-refractivity contribution in [3.05, 3.63) is 41.6 Å². The number of nitrogens with zero attached hydrogens (tertiary/aromatic N) is 3. The Balaban J connectivity index is 1.91. The highest BCUT2D eigenvalue weighted by atomic mass is 19.1. The minimum Gasteiger partial charge on any atom is -0.353 e. The van der Waals surface area contributed by atoms with Gasteiger partial charge < -0.3 is 10.2 Å². The van der Waals surface area contributed by atoms with Crippen molar-refractivity contribution in [3.8, 4) is 0 Å². The largest absolute Gasteiger partial charge is 0.353 e. The van der Waals surface area contributed by atoms with Gasteiger partial charge in [-0.05, 0) is 44.7 Å². The first-order chi connectivity index (χ1) is 11.6. The summed E-state index contributed by atoms with van der Waals surface area (Å²) in [4.78, 5) is 11.1. The van der Waals surface area contributed by atoms with Crippen molar-refractivity contribution in [1.29, 1.82) is 0 Å². The summed E-state index contributed by atoms with van der Waals surface area (Å²) in [5.74, 6) is -0.292. The second kappa shape index (κ2) is 7.11. The molecule has 1 aliphatic heterocycles. The summed E-state index contributed by atoms with van der Waals surface area (Å²) in [6.07, 6.45) is 4.55. The molecule has 1 aromatic heterocycles. The zero-order valence-corrected chi connectivity index (χ0v) is 14.0. The van der Waals surface area contributed by atoms with Gasteiger partial charge in [-0.1, -0.05) is 13.0 Å². The first kappa shape index (κ1) is 16.6. The Morgan fingerprint density at radius 1 is 1.21 bits per heavy atom. The van der Waals surface area contributed by atoms with E-state index in [1.54, 1.807) is 0 Å². The molecule has 0 saturated carbocycles. The summed E-state index contributed by atoms with van der Waals surface area (Å²) in [7, 11) is 0. The number of aryl methyl sites for hydroxylation is 1. The van der Waals surface area contributed by atoms with Crippen molar-refractivity contribution >= 4 is 17.5 Å². The highest BCUT2D eigenvalue weighted by Gasteiger charge is 2.23. The number of aromatic nitrogens is 2. The third kappa shape index (κ3) is 3.47. The maximum Gasteiger partial charge on any atom is 0.229 e. The average Bonchev–Trinajstić information content (AvgIpc) is 2.58. The molecule has 128 valence electrons. The van der Waals surface area contributed by atoms with E-state index in [0.29, 0.717) is 6.04 Å². The third-order valence-electron chi connectivity index (χ3n) is 4.43. The van der Waals surface area contributed by atoms with Crippen LogP contribution in [0.1, 0.15) is 38.3 Å².